The quantitative estimate of drug-likeness (QED) is 0.705. The van der Waals surface area contributed by atoms with Crippen molar-refractivity contribution in [3.8, 4) is 0 Å². The van der Waals surface area contributed by atoms with Crippen LogP contribution >= 0.6 is 0 Å². The number of nitrogens with zero attached hydrogens (tertiary/aromatic N) is 2. The van der Waals surface area contributed by atoms with Crippen LogP contribution < -0.4 is 5.73 Å². The van der Waals surface area contributed by atoms with Crippen LogP contribution in [0.15, 0.2) is 0 Å². The Balaban J connectivity index is 2.12. The molecule has 0 amide bonds. The van der Waals surface area contributed by atoms with Gasteiger partial charge in [0.05, 0.1) is 6.04 Å². The van der Waals surface area contributed by atoms with E-state index < -0.39 is 0 Å². The molecule has 0 spiro atoms. The maximum Gasteiger partial charge on any atom is 0.167 e. The summed E-state index contributed by atoms with van der Waals surface area (Å²) < 4.78 is 5.46. The highest BCUT2D eigenvalue weighted by atomic mass is 16.5. The van der Waals surface area contributed by atoms with E-state index in [0.717, 1.165) is 25.3 Å². The van der Waals surface area contributed by atoms with Crippen LogP contribution in [0.3, 0.4) is 0 Å². The van der Waals surface area contributed by atoms with Gasteiger partial charge >= 0.3 is 0 Å². The zero-order valence-corrected chi connectivity index (χ0v) is 7.66. The number of hydrogen-bond donors (Lipinski definition) is 2. The van der Waals surface area contributed by atoms with Gasteiger partial charge in [-0.05, 0) is 19.8 Å². The summed E-state index contributed by atoms with van der Waals surface area (Å²) in [6, 6.07) is -0.119. The van der Waals surface area contributed by atoms with Crippen molar-refractivity contribution in [2.45, 2.75) is 31.9 Å². The van der Waals surface area contributed by atoms with E-state index >= 15 is 0 Å². The highest BCUT2D eigenvalue weighted by Crippen LogP contribution is 2.25. The summed E-state index contributed by atoms with van der Waals surface area (Å²) in [5.74, 6) is 1.47. The lowest BCUT2D eigenvalue weighted by Crippen LogP contribution is -2.07. The lowest BCUT2D eigenvalue weighted by atomic mass is 10.2. The summed E-state index contributed by atoms with van der Waals surface area (Å²) in [6.07, 6.45) is 2.21. The monoisotopic (exact) mass is 182 g/mol. The number of hydrogen-bond acceptors (Lipinski definition) is 4. The van der Waals surface area contributed by atoms with Crippen molar-refractivity contribution in [1.29, 1.82) is 0 Å². The minimum absolute atomic E-state index is 0.0972. The van der Waals surface area contributed by atoms with Crippen molar-refractivity contribution < 1.29 is 4.74 Å². The van der Waals surface area contributed by atoms with Gasteiger partial charge in [0.2, 0.25) is 0 Å². The number of nitrogens with two attached hydrogens (primary N) is 1. The SMILES string of the molecule is C[C@H](N)c1n[nH]c([C@@H]2CCCO2)n1. The predicted octanol–water partition coefficient (Wildman–Crippen LogP) is 0.676. The molecule has 2 atom stereocenters. The molecule has 13 heavy (non-hydrogen) atoms. The van der Waals surface area contributed by atoms with Crippen LogP contribution in [0, 0.1) is 0 Å². The number of rotatable bonds is 2. The number of aromatic nitrogens is 3. The van der Waals surface area contributed by atoms with Crippen molar-refractivity contribution in [2.24, 2.45) is 5.73 Å². The molecule has 0 bridgehead atoms. The second-order valence-electron chi connectivity index (χ2n) is 3.37. The van der Waals surface area contributed by atoms with Crippen molar-refractivity contribution in [2.75, 3.05) is 6.61 Å². The van der Waals surface area contributed by atoms with Gasteiger partial charge in [-0.1, -0.05) is 0 Å². The lowest BCUT2D eigenvalue weighted by molar-refractivity contribution is 0.105. The Morgan fingerprint density at radius 3 is 3.08 bits per heavy atom. The van der Waals surface area contributed by atoms with E-state index in [9.17, 15) is 0 Å². The van der Waals surface area contributed by atoms with Crippen LogP contribution in [0.25, 0.3) is 0 Å². The first-order valence-electron chi connectivity index (χ1n) is 4.57. The van der Waals surface area contributed by atoms with Crippen LogP contribution in [0.5, 0.6) is 0 Å². The fourth-order valence-corrected chi connectivity index (χ4v) is 1.43. The molecule has 1 aromatic rings. The van der Waals surface area contributed by atoms with E-state index in [1.54, 1.807) is 0 Å². The molecule has 5 heteroatoms. The highest BCUT2D eigenvalue weighted by molar-refractivity contribution is 4.98. The van der Waals surface area contributed by atoms with Gasteiger partial charge in [-0.25, -0.2) is 4.98 Å². The molecular formula is C8H14N4O. The van der Waals surface area contributed by atoms with Gasteiger partial charge in [0.1, 0.15) is 6.10 Å². The van der Waals surface area contributed by atoms with Crippen LogP contribution in [0.1, 0.15) is 43.6 Å². The minimum atomic E-state index is -0.119. The van der Waals surface area contributed by atoms with Crippen LogP contribution in [0.4, 0.5) is 0 Å². The highest BCUT2D eigenvalue weighted by Gasteiger charge is 2.21. The summed E-state index contributed by atoms with van der Waals surface area (Å²) in [5, 5.41) is 6.88. The summed E-state index contributed by atoms with van der Waals surface area (Å²) in [4.78, 5) is 4.28. The molecule has 2 heterocycles. The largest absolute Gasteiger partial charge is 0.370 e. The van der Waals surface area contributed by atoms with Crippen molar-refractivity contribution >= 4 is 0 Å². The summed E-state index contributed by atoms with van der Waals surface area (Å²) in [7, 11) is 0. The van der Waals surface area contributed by atoms with E-state index in [1.165, 1.54) is 0 Å². The van der Waals surface area contributed by atoms with Crippen LogP contribution in [-0.2, 0) is 4.74 Å². The summed E-state index contributed by atoms with van der Waals surface area (Å²) in [6.45, 7) is 2.68. The van der Waals surface area contributed by atoms with Gasteiger partial charge in [0, 0.05) is 6.61 Å². The number of H-pyrrole nitrogens is 1. The fraction of sp³-hybridized carbons (Fsp3) is 0.750. The standard InChI is InChI=1S/C8H14N4O/c1-5(9)7-10-8(12-11-7)6-3-2-4-13-6/h5-6H,2-4,9H2,1H3,(H,10,11,12)/t5-,6-/m0/s1. The third kappa shape index (κ3) is 1.71. The zero-order chi connectivity index (χ0) is 9.26. The van der Waals surface area contributed by atoms with Gasteiger partial charge in [0.15, 0.2) is 11.6 Å². The molecule has 1 aliphatic rings. The molecule has 72 valence electrons. The Kier molecular flexibility index (Phi) is 2.28. The molecular weight excluding hydrogens is 168 g/mol. The van der Waals surface area contributed by atoms with Crippen molar-refractivity contribution in [3.63, 3.8) is 0 Å². The average molecular weight is 182 g/mol. The Bertz CT molecular complexity index is 277. The van der Waals surface area contributed by atoms with E-state index in [-0.39, 0.29) is 12.1 Å². The molecule has 0 aromatic carbocycles. The smallest absolute Gasteiger partial charge is 0.167 e. The number of ether oxygens (including phenoxy) is 1. The minimum Gasteiger partial charge on any atom is -0.370 e. The van der Waals surface area contributed by atoms with Gasteiger partial charge in [-0.2, -0.15) is 5.10 Å². The Morgan fingerprint density at radius 2 is 2.54 bits per heavy atom. The molecule has 0 aliphatic carbocycles. The van der Waals surface area contributed by atoms with Crippen molar-refractivity contribution in [1.82, 2.24) is 15.2 Å². The van der Waals surface area contributed by atoms with E-state index in [2.05, 4.69) is 15.2 Å². The van der Waals surface area contributed by atoms with E-state index in [1.807, 2.05) is 6.92 Å². The predicted molar refractivity (Wildman–Crippen MR) is 46.9 cm³/mol. The van der Waals surface area contributed by atoms with Gasteiger partial charge in [0.25, 0.3) is 0 Å². The zero-order valence-electron chi connectivity index (χ0n) is 7.66. The summed E-state index contributed by atoms with van der Waals surface area (Å²) in [5.41, 5.74) is 5.64. The molecule has 3 N–H and O–H groups in total. The topological polar surface area (TPSA) is 76.8 Å². The van der Waals surface area contributed by atoms with Crippen LogP contribution in [0.2, 0.25) is 0 Å². The molecule has 0 unspecified atom stereocenters. The van der Waals surface area contributed by atoms with E-state index in [4.69, 9.17) is 10.5 Å². The Hall–Kier alpha value is -0.940. The maximum absolute atomic E-state index is 5.64. The van der Waals surface area contributed by atoms with Crippen LogP contribution in [-0.4, -0.2) is 21.8 Å². The van der Waals surface area contributed by atoms with Crippen molar-refractivity contribution in [3.05, 3.63) is 11.6 Å². The normalized spacial score (nSPS) is 24.9. The third-order valence-electron chi connectivity index (χ3n) is 2.16. The van der Waals surface area contributed by atoms with Gasteiger partial charge in [-0.3, -0.25) is 5.10 Å². The number of nitrogens with one attached hydrogen (secondary N) is 1. The van der Waals surface area contributed by atoms with Gasteiger partial charge < -0.3 is 10.5 Å². The molecule has 1 saturated heterocycles. The second kappa shape index (κ2) is 3.43. The first kappa shape index (κ1) is 8.65. The average Bonchev–Trinajstić information content (AvgIpc) is 2.75. The second-order valence-corrected chi connectivity index (χ2v) is 3.37. The van der Waals surface area contributed by atoms with E-state index in [0.29, 0.717) is 5.82 Å². The molecule has 2 rings (SSSR count). The fourth-order valence-electron chi connectivity index (χ4n) is 1.43. The molecule has 0 radical (unpaired) electrons. The first-order valence-corrected chi connectivity index (χ1v) is 4.57. The first-order chi connectivity index (χ1) is 6.27. The Morgan fingerprint density at radius 1 is 1.69 bits per heavy atom. The molecule has 1 aromatic heterocycles. The number of aromatic amines is 1. The maximum atomic E-state index is 5.64. The molecule has 1 aliphatic heterocycles. The Labute approximate surface area is 76.7 Å². The lowest BCUT2D eigenvalue weighted by Gasteiger charge is -2.03. The van der Waals surface area contributed by atoms with Gasteiger partial charge in [-0.15, -0.1) is 0 Å². The summed E-state index contributed by atoms with van der Waals surface area (Å²) >= 11 is 0. The molecule has 5 nitrogen and oxygen atoms in total. The third-order valence-corrected chi connectivity index (χ3v) is 2.16. The molecule has 1 fully saturated rings. The molecule has 0 saturated carbocycles.